The largest absolute Gasteiger partial charge is 0.383 e. The molecule has 8 heteroatoms. The molecule has 2 N–H and O–H groups in total. The van der Waals surface area contributed by atoms with Crippen molar-refractivity contribution >= 4 is 39.8 Å². The van der Waals surface area contributed by atoms with Gasteiger partial charge in [0.15, 0.2) is 0 Å². The van der Waals surface area contributed by atoms with Crippen LogP contribution in [0.4, 0.5) is 5.82 Å². The van der Waals surface area contributed by atoms with Crippen LogP contribution in [-0.2, 0) is 19.4 Å². The van der Waals surface area contributed by atoms with Gasteiger partial charge in [-0.2, -0.15) is 0 Å². The number of azide groups is 1. The highest BCUT2D eigenvalue weighted by molar-refractivity contribution is 7.19. The highest BCUT2D eigenvalue weighted by atomic mass is 35.5. The number of halogens is 1. The second-order valence-electron chi connectivity index (χ2n) is 4.31. The predicted molar refractivity (Wildman–Crippen MR) is 78.6 cm³/mol. The second kappa shape index (κ2) is 5.61. The van der Waals surface area contributed by atoms with Crippen molar-refractivity contribution in [3.05, 3.63) is 26.7 Å². The number of hydrogen-bond donors (Lipinski definition) is 1. The standard InChI is InChI=1S/C11H12N6S.ClH/c12-10-9-6-3-1-2-4-7(6)18-11(9)16-8(15-10)5-14-17-13;/h1-5H2,(H2,12,15,16);1H. The summed E-state index contributed by atoms with van der Waals surface area (Å²) in [5.41, 5.74) is 15.7. The second-order valence-corrected chi connectivity index (χ2v) is 5.39. The van der Waals surface area contributed by atoms with Crippen LogP contribution in [0.5, 0.6) is 0 Å². The smallest absolute Gasteiger partial charge is 0.138 e. The van der Waals surface area contributed by atoms with Gasteiger partial charge in [0.05, 0.1) is 11.9 Å². The molecule has 0 unspecified atom stereocenters. The van der Waals surface area contributed by atoms with E-state index >= 15 is 0 Å². The number of aryl methyl sites for hydroxylation is 2. The molecular formula is C11H13ClN6S. The molecule has 19 heavy (non-hydrogen) atoms. The Morgan fingerprint density at radius 2 is 2.11 bits per heavy atom. The minimum absolute atomic E-state index is 0. The lowest BCUT2D eigenvalue weighted by atomic mass is 9.97. The maximum atomic E-state index is 8.32. The van der Waals surface area contributed by atoms with Crippen molar-refractivity contribution in [2.24, 2.45) is 5.11 Å². The lowest BCUT2D eigenvalue weighted by molar-refractivity contribution is 0.700. The summed E-state index contributed by atoms with van der Waals surface area (Å²) in [7, 11) is 0. The van der Waals surface area contributed by atoms with E-state index in [0.717, 1.165) is 23.1 Å². The SMILES string of the molecule is Cl.[N-]=[N+]=NCc1nc(N)c2c3c(sc2n1)CCCC3. The number of thiophene rings is 1. The van der Waals surface area contributed by atoms with Gasteiger partial charge >= 0.3 is 0 Å². The van der Waals surface area contributed by atoms with E-state index in [1.807, 2.05) is 0 Å². The molecule has 3 rings (SSSR count). The summed E-state index contributed by atoms with van der Waals surface area (Å²) in [6, 6.07) is 0. The number of nitrogen functional groups attached to an aromatic ring is 1. The van der Waals surface area contributed by atoms with Gasteiger partial charge in [0.25, 0.3) is 0 Å². The first-order chi connectivity index (χ1) is 8.79. The third kappa shape index (κ3) is 2.45. The molecule has 2 heterocycles. The molecular weight excluding hydrogens is 284 g/mol. The third-order valence-electron chi connectivity index (χ3n) is 3.16. The molecule has 2 aromatic heterocycles. The van der Waals surface area contributed by atoms with E-state index in [1.54, 1.807) is 11.3 Å². The maximum Gasteiger partial charge on any atom is 0.138 e. The van der Waals surface area contributed by atoms with E-state index < -0.39 is 0 Å². The number of fused-ring (bicyclic) bond motifs is 3. The topological polar surface area (TPSA) is 101 Å². The molecule has 0 amide bonds. The summed E-state index contributed by atoms with van der Waals surface area (Å²) in [4.78, 5) is 13.7. The van der Waals surface area contributed by atoms with Crippen LogP contribution in [0, 0.1) is 0 Å². The first-order valence-corrected chi connectivity index (χ1v) is 6.68. The van der Waals surface area contributed by atoms with Gasteiger partial charge in [0.1, 0.15) is 16.5 Å². The van der Waals surface area contributed by atoms with Crippen LogP contribution in [0.2, 0.25) is 0 Å². The highest BCUT2D eigenvalue weighted by Gasteiger charge is 2.19. The fraction of sp³-hybridized carbons (Fsp3) is 0.455. The zero-order valence-corrected chi connectivity index (χ0v) is 11.8. The summed E-state index contributed by atoms with van der Waals surface area (Å²) in [5.74, 6) is 1.01. The molecule has 0 bridgehead atoms. The van der Waals surface area contributed by atoms with Gasteiger partial charge in [-0.1, -0.05) is 5.11 Å². The quantitative estimate of drug-likeness (QED) is 0.522. The molecule has 0 aliphatic heterocycles. The van der Waals surface area contributed by atoms with E-state index in [0.29, 0.717) is 11.6 Å². The number of nitrogens with zero attached hydrogens (tertiary/aromatic N) is 5. The number of nitrogens with two attached hydrogens (primary N) is 1. The van der Waals surface area contributed by atoms with Crippen LogP contribution < -0.4 is 5.73 Å². The lowest BCUT2D eigenvalue weighted by Crippen LogP contribution is -2.02. The van der Waals surface area contributed by atoms with Gasteiger partial charge in [-0.3, -0.25) is 0 Å². The number of aromatic nitrogens is 2. The third-order valence-corrected chi connectivity index (χ3v) is 4.35. The van der Waals surface area contributed by atoms with Gasteiger partial charge in [-0.05, 0) is 36.8 Å². The van der Waals surface area contributed by atoms with Crippen LogP contribution in [0.1, 0.15) is 29.1 Å². The van der Waals surface area contributed by atoms with Crippen molar-refractivity contribution in [1.29, 1.82) is 0 Å². The highest BCUT2D eigenvalue weighted by Crippen LogP contribution is 2.37. The Labute approximate surface area is 120 Å². The Morgan fingerprint density at radius 3 is 2.89 bits per heavy atom. The van der Waals surface area contributed by atoms with Crippen molar-refractivity contribution in [3.63, 3.8) is 0 Å². The van der Waals surface area contributed by atoms with E-state index in [1.165, 1.54) is 23.3 Å². The van der Waals surface area contributed by atoms with Crippen molar-refractivity contribution in [2.45, 2.75) is 32.2 Å². The molecule has 6 nitrogen and oxygen atoms in total. The van der Waals surface area contributed by atoms with Crippen LogP contribution in [0.25, 0.3) is 20.7 Å². The molecule has 2 aromatic rings. The van der Waals surface area contributed by atoms with E-state index in [4.69, 9.17) is 11.3 Å². The molecule has 0 radical (unpaired) electrons. The summed E-state index contributed by atoms with van der Waals surface area (Å²) < 4.78 is 0. The maximum absolute atomic E-state index is 8.32. The van der Waals surface area contributed by atoms with Crippen molar-refractivity contribution in [2.75, 3.05) is 5.73 Å². The fourth-order valence-corrected chi connectivity index (χ4v) is 3.69. The first kappa shape index (κ1) is 13.9. The number of hydrogen-bond acceptors (Lipinski definition) is 5. The zero-order chi connectivity index (χ0) is 12.5. The van der Waals surface area contributed by atoms with Crippen LogP contribution in [0.15, 0.2) is 5.11 Å². The van der Waals surface area contributed by atoms with Crippen molar-refractivity contribution in [1.82, 2.24) is 9.97 Å². The molecule has 0 fully saturated rings. The summed E-state index contributed by atoms with van der Waals surface area (Å²) in [5, 5.41) is 4.49. The van der Waals surface area contributed by atoms with Gasteiger partial charge in [-0.15, -0.1) is 23.7 Å². The van der Waals surface area contributed by atoms with Crippen LogP contribution in [-0.4, -0.2) is 9.97 Å². The van der Waals surface area contributed by atoms with E-state index in [-0.39, 0.29) is 19.0 Å². The Kier molecular flexibility index (Phi) is 4.09. The normalized spacial score (nSPS) is 13.5. The fourth-order valence-electron chi connectivity index (χ4n) is 2.40. The monoisotopic (exact) mass is 296 g/mol. The number of rotatable bonds is 2. The molecule has 0 spiro atoms. The molecule has 0 atom stereocenters. The summed E-state index contributed by atoms with van der Waals surface area (Å²) in [6.07, 6.45) is 4.62. The van der Waals surface area contributed by atoms with Crippen LogP contribution in [0.3, 0.4) is 0 Å². The average molecular weight is 297 g/mol. The molecule has 1 aliphatic rings. The van der Waals surface area contributed by atoms with Gasteiger partial charge < -0.3 is 5.73 Å². The Bertz CT molecular complexity index is 661. The van der Waals surface area contributed by atoms with Crippen LogP contribution >= 0.6 is 23.7 Å². The van der Waals surface area contributed by atoms with E-state index in [9.17, 15) is 0 Å². The Morgan fingerprint density at radius 1 is 1.32 bits per heavy atom. The predicted octanol–water partition coefficient (Wildman–Crippen LogP) is 3.38. The average Bonchev–Trinajstić information content (AvgIpc) is 2.74. The minimum Gasteiger partial charge on any atom is -0.383 e. The molecule has 100 valence electrons. The van der Waals surface area contributed by atoms with Gasteiger partial charge in [-0.25, -0.2) is 9.97 Å². The Balaban J connectivity index is 0.00000133. The van der Waals surface area contributed by atoms with E-state index in [2.05, 4.69) is 20.0 Å². The number of anilines is 1. The van der Waals surface area contributed by atoms with Gasteiger partial charge in [0.2, 0.25) is 0 Å². The van der Waals surface area contributed by atoms with Crippen molar-refractivity contribution < 1.29 is 0 Å². The minimum atomic E-state index is 0. The summed E-state index contributed by atoms with van der Waals surface area (Å²) in [6.45, 7) is 0.152. The first-order valence-electron chi connectivity index (χ1n) is 5.87. The zero-order valence-electron chi connectivity index (χ0n) is 10.2. The molecule has 0 saturated heterocycles. The molecule has 0 aromatic carbocycles. The summed E-state index contributed by atoms with van der Waals surface area (Å²) >= 11 is 1.70. The lowest BCUT2D eigenvalue weighted by Gasteiger charge is -2.10. The van der Waals surface area contributed by atoms with Crippen molar-refractivity contribution in [3.8, 4) is 0 Å². The van der Waals surface area contributed by atoms with Gasteiger partial charge in [0, 0.05) is 9.79 Å². The Hall–Kier alpha value is -1.56. The molecule has 1 aliphatic carbocycles. The molecule has 0 saturated carbocycles.